The van der Waals surface area contributed by atoms with Gasteiger partial charge in [0, 0.05) is 23.5 Å². The molecule has 3 rings (SSSR count). The van der Waals surface area contributed by atoms with Crippen molar-refractivity contribution in [2.24, 2.45) is 5.92 Å². The third-order valence-corrected chi connectivity index (χ3v) is 4.40. The molecular formula is C16H19ClN2O. The Hall–Kier alpha value is -1.48. The van der Waals surface area contributed by atoms with Gasteiger partial charge in [-0.3, -0.25) is 0 Å². The Balaban J connectivity index is 1.77. The van der Waals surface area contributed by atoms with Crippen LogP contribution in [0.15, 0.2) is 30.5 Å². The molecule has 1 aliphatic carbocycles. The van der Waals surface area contributed by atoms with E-state index in [1.54, 1.807) is 7.11 Å². The van der Waals surface area contributed by atoms with Gasteiger partial charge in [0.15, 0.2) is 0 Å². The average molecular weight is 291 g/mol. The molecule has 20 heavy (non-hydrogen) atoms. The topological polar surface area (TPSA) is 34.1 Å². The monoisotopic (exact) mass is 290 g/mol. The first-order valence-corrected chi connectivity index (χ1v) is 7.50. The molecule has 1 N–H and O–H groups in total. The Morgan fingerprint density at radius 2 is 2.25 bits per heavy atom. The standard InChI is InChI=1S/C16H19ClN2O/c1-20-14-4-5-15-12(9-14)6-7-18-16(15)19-10-11-2-3-13(17)8-11/h4-7,9,11,13H,2-3,8,10H2,1H3,(H,18,19). The van der Waals surface area contributed by atoms with Crippen molar-refractivity contribution >= 4 is 28.2 Å². The first kappa shape index (κ1) is 13.5. The number of aromatic nitrogens is 1. The molecule has 2 aromatic rings. The molecule has 0 spiro atoms. The lowest BCUT2D eigenvalue weighted by molar-refractivity contribution is 0.415. The predicted molar refractivity (Wildman–Crippen MR) is 83.8 cm³/mol. The fourth-order valence-corrected chi connectivity index (χ4v) is 3.24. The molecule has 1 heterocycles. The molecule has 0 bridgehead atoms. The number of pyridine rings is 1. The Kier molecular flexibility index (Phi) is 3.97. The number of hydrogen-bond acceptors (Lipinski definition) is 3. The lowest BCUT2D eigenvalue weighted by atomic mass is 10.1. The summed E-state index contributed by atoms with van der Waals surface area (Å²) in [5.74, 6) is 2.48. The van der Waals surface area contributed by atoms with Crippen molar-refractivity contribution in [3.8, 4) is 5.75 Å². The molecule has 1 fully saturated rings. The summed E-state index contributed by atoms with van der Waals surface area (Å²) >= 11 is 6.16. The first-order valence-electron chi connectivity index (χ1n) is 7.07. The number of hydrogen-bond donors (Lipinski definition) is 1. The Labute approximate surface area is 124 Å². The number of benzene rings is 1. The minimum absolute atomic E-state index is 0.353. The molecule has 2 unspecified atom stereocenters. The normalized spacial score (nSPS) is 22.1. The van der Waals surface area contributed by atoms with Crippen molar-refractivity contribution < 1.29 is 4.74 Å². The van der Waals surface area contributed by atoms with Gasteiger partial charge in [0.2, 0.25) is 0 Å². The highest BCUT2D eigenvalue weighted by molar-refractivity contribution is 6.20. The number of alkyl halides is 1. The molecule has 1 saturated carbocycles. The molecule has 0 amide bonds. The van der Waals surface area contributed by atoms with Gasteiger partial charge in [0.25, 0.3) is 0 Å². The molecule has 1 aromatic heterocycles. The minimum atomic E-state index is 0.353. The second-order valence-electron chi connectivity index (χ2n) is 5.40. The van der Waals surface area contributed by atoms with Gasteiger partial charge in [0.05, 0.1) is 7.11 Å². The SMILES string of the molecule is COc1ccc2c(NCC3CCC(Cl)C3)nccc2c1. The number of anilines is 1. The zero-order valence-electron chi connectivity index (χ0n) is 11.6. The summed E-state index contributed by atoms with van der Waals surface area (Å²) in [7, 11) is 1.68. The van der Waals surface area contributed by atoms with Gasteiger partial charge in [-0.15, -0.1) is 11.6 Å². The van der Waals surface area contributed by atoms with E-state index in [-0.39, 0.29) is 0 Å². The highest BCUT2D eigenvalue weighted by Crippen LogP contribution is 2.30. The summed E-state index contributed by atoms with van der Waals surface area (Å²) in [6, 6.07) is 8.07. The first-order chi connectivity index (χ1) is 9.76. The Bertz CT molecular complexity index is 602. The van der Waals surface area contributed by atoms with Crippen LogP contribution < -0.4 is 10.1 Å². The van der Waals surface area contributed by atoms with Gasteiger partial charge in [-0.2, -0.15) is 0 Å². The van der Waals surface area contributed by atoms with Crippen molar-refractivity contribution in [3.63, 3.8) is 0 Å². The largest absolute Gasteiger partial charge is 0.497 e. The zero-order chi connectivity index (χ0) is 13.9. The van der Waals surface area contributed by atoms with Crippen LogP contribution in [0.4, 0.5) is 5.82 Å². The summed E-state index contributed by atoms with van der Waals surface area (Å²) in [6.45, 7) is 0.946. The number of fused-ring (bicyclic) bond motifs is 1. The Morgan fingerprint density at radius 3 is 3.00 bits per heavy atom. The fraction of sp³-hybridized carbons (Fsp3) is 0.438. The van der Waals surface area contributed by atoms with E-state index in [4.69, 9.17) is 16.3 Å². The maximum atomic E-state index is 6.16. The van der Waals surface area contributed by atoms with E-state index >= 15 is 0 Å². The quantitative estimate of drug-likeness (QED) is 0.862. The molecule has 2 atom stereocenters. The number of rotatable bonds is 4. The van der Waals surface area contributed by atoms with E-state index in [9.17, 15) is 0 Å². The van der Waals surface area contributed by atoms with E-state index < -0.39 is 0 Å². The molecule has 106 valence electrons. The van der Waals surface area contributed by atoms with Crippen molar-refractivity contribution in [2.45, 2.75) is 24.6 Å². The number of halogens is 1. The van der Waals surface area contributed by atoms with Gasteiger partial charge < -0.3 is 10.1 Å². The Morgan fingerprint density at radius 1 is 1.35 bits per heavy atom. The van der Waals surface area contributed by atoms with Crippen LogP contribution >= 0.6 is 11.6 Å². The third-order valence-electron chi connectivity index (χ3n) is 4.01. The summed E-state index contributed by atoms with van der Waals surface area (Å²) < 4.78 is 5.26. The molecule has 4 heteroatoms. The summed E-state index contributed by atoms with van der Waals surface area (Å²) in [5.41, 5.74) is 0. The maximum Gasteiger partial charge on any atom is 0.133 e. The van der Waals surface area contributed by atoms with E-state index in [0.29, 0.717) is 11.3 Å². The highest BCUT2D eigenvalue weighted by atomic mass is 35.5. The number of nitrogens with one attached hydrogen (secondary N) is 1. The third kappa shape index (κ3) is 2.83. The second-order valence-corrected chi connectivity index (χ2v) is 6.02. The van der Waals surface area contributed by atoms with Crippen LogP contribution in [0, 0.1) is 5.92 Å². The molecule has 0 aliphatic heterocycles. The van der Waals surface area contributed by atoms with Crippen LogP contribution in [-0.2, 0) is 0 Å². The zero-order valence-corrected chi connectivity index (χ0v) is 12.4. The van der Waals surface area contributed by atoms with Gasteiger partial charge in [-0.05, 0) is 54.8 Å². The van der Waals surface area contributed by atoms with Crippen LogP contribution in [-0.4, -0.2) is 24.0 Å². The molecule has 0 saturated heterocycles. The highest BCUT2D eigenvalue weighted by Gasteiger charge is 2.22. The lowest BCUT2D eigenvalue weighted by Gasteiger charge is -2.13. The van der Waals surface area contributed by atoms with Crippen molar-refractivity contribution in [3.05, 3.63) is 30.5 Å². The van der Waals surface area contributed by atoms with Crippen molar-refractivity contribution in [1.29, 1.82) is 0 Å². The fourth-order valence-electron chi connectivity index (χ4n) is 2.86. The second kappa shape index (κ2) is 5.88. The lowest BCUT2D eigenvalue weighted by Crippen LogP contribution is -2.12. The number of nitrogens with zero attached hydrogens (tertiary/aromatic N) is 1. The van der Waals surface area contributed by atoms with E-state index in [0.717, 1.165) is 41.7 Å². The predicted octanol–water partition coefficient (Wildman–Crippen LogP) is 4.06. The summed E-state index contributed by atoms with van der Waals surface area (Å²) in [5, 5.41) is 6.11. The molecule has 1 aliphatic rings. The van der Waals surface area contributed by atoms with E-state index in [1.165, 1.54) is 6.42 Å². The molecule has 3 nitrogen and oxygen atoms in total. The van der Waals surface area contributed by atoms with E-state index in [1.807, 2.05) is 24.4 Å². The summed E-state index contributed by atoms with van der Waals surface area (Å²) in [6.07, 6.45) is 5.28. The number of ether oxygens (including phenoxy) is 1. The van der Waals surface area contributed by atoms with Crippen molar-refractivity contribution in [2.75, 3.05) is 19.0 Å². The van der Waals surface area contributed by atoms with Gasteiger partial charge >= 0.3 is 0 Å². The summed E-state index contributed by atoms with van der Waals surface area (Å²) in [4.78, 5) is 4.46. The van der Waals surface area contributed by atoms with Crippen LogP contribution in [0.1, 0.15) is 19.3 Å². The molecular weight excluding hydrogens is 272 g/mol. The van der Waals surface area contributed by atoms with Gasteiger partial charge in [-0.1, -0.05) is 0 Å². The molecule has 0 radical (unpaired) electrons. The average Bonchev–Trinajstić information content (AvgIpc) is 2.90. The van der Waals surface area contributed by atoms with E-state index in [2.05, 4.69) is 16.4 Å². The van der Waals surface area contributed by atoms with Crippen LogP contribution in [0.3, 0.4) is 0 Å². The smallest absolute Gasteiger partial charge is 0.133 e. The molecule has 1 aromatic carbocycles. The minimum Gasteiger partial charge on any atom is -0.497 e. The van der Waals surface area contributed by atoms with Gasteiger partial charge in [0.1, 0.15) is 11.6 Å². The van der Waals surface area contributed by atoms with Crippen LogP contribution in [0.5, 0.6) is 5.75 Å². The van der Waals surface area contributed by atoms with Gasteiger partial charge in [-0.25, -0.2) is 4.98 Å². The van der Waals surface area contributed by atoms with Crippen molar-refractivity contribution in [1.82, 2.24) is 4.98 Å². The van der Waals surface area contributed by atoms with Crippen LogP contribution in [0.2, 0.25) is 0 Å². The maximum absolute atomic E-state index is 6.16. The van der Waals surface area contributed by atoms with Crippen LogP contribution in [0.25, 0.3) is 10.8 Å². The number of methoxy groups -OCH3 is 1.